The molecule has 1 aromatic rings. The highest BCUT2D eigenvalue weighted by molar-refractivity contribution is 5.25. The van der Waals surface area contributed by atoms with E-state index < -0.39 is 0 Å². The maximum absolute atomic E-state index is 9.83. The summed E-state index contributed by atoms with van der Waals surface area (Å²) in [6, 6.07) is 7.37. The van der Waals surface area contributed by atoms with Crippen LogP contribution in [0, 0.1) is 5.92 Å². The molecule has 0 saturated carbocycles. The number of rotatable bonds is 3. The van der Waals surface area contributed by atoms with Crippen LogP contribution in [0.1, 0.15) is 25.3 Å². The summed E-state index contributed by atoms with van der Waals surface area (Å²) in [7, 11) is 0. The van der Waals surface area contributed by atoms with E-state index >= 15 is 0 Å². The number of aliphatic hydroxyl groups is 1. The first-order valence-electron chi connectivity index (χ1n) is 6.37. The quantitative estimate of drug-likeness (QED) is 0.842. The minimum absolute atomic E-state index is 0.129. The van der Waals surface area contributed by atoms with Gasteiger partial charge in [0.15, 0.2) is 0 Å². The molecule has 1 aliphatic rings. The van der Waals surface area contributed by atoms with E-state index in [0.717, 1.165) is 32.5 Å². The van der Waals surface area contributed by atoms with Gasteiger partial charge in [0.1, 0.15) is 5.75 Å². The van der Waals surface area contributed by atoms with E-state index in [4.69, 9.17) is 0 Å². The van der Waals surface area contributed by atoms with Crippen molar-refractivity contribution >= 4 is 0 Å². The van der Waals surface area contributed by atoms with E-state index in [1.165, 1.54) is 5.56 Å². The van der Waals surface area contributed by atoms with Gasteiger partial charge in [0, 0.05) is 19.6 Å². The molecule has 1 aromatic carbocycles. The van der Waals surface area contributed by atoms with E-state index in [1.54, 1.807) is 12.1 Å². The number of nitrogens with zero attached hydrogens (tertiary/aromatic N) is 1. The van der Waals surface area contributed by atoms with Crippen LogP contribution in [-0.4, -0.2) is 34.3 Å². The fourth-order valence-corrected chi connectivity index (χ4v) is 2.50. The predicted octanol–water partition coefficient (Wildman–Crippen LogP) is 1.98. The molecule has 1 saturated heterocycles. The Balaban J connectivity index is 1.93. The molecule has 1 aliphatic heterocycles. The number of aromatic hydroxyl groups is 1. The molecule has 2 N–H and O–H groups in total. The Bertz CT molecular complexity index is 350. The minimum atomic E-state index is -0.129. The van der Waals surface area contributed by atoms with Gasteiger partial charge in [0.2, 0.25) is 0 Å². The number of hydrogen-bond acceptors (Lipinski definition) is 3. The average Bonchev–Trinajstić information content (AvgIpc) is 2.34. The summed E-state index contributed by atoms with van der Waals surface area (Å²) in [6.45, 7) is 4.97. The highest BCUT2D eigenvalue weighted by atomic mass is 16.3. The van der Waals surface area contributed by atoms with Crippen LogP contribution in [-0.2, 0) is 6.54 Å². The van der Waals surface area contributed by atoms with Crippen molar-refractivity contribution in [3.63, 3.8) is 0 Å². The Morgan fingerprint density at radius 2 is 2.00 bits per heavy atom. The number of piperidine rings is 1. The third-order valence-electron chi connectivity index (χ3n) is 3.64. The van der Waals surface area contributed by atoms with E-state index in [-0.39, 0.29) is 6.10 Å². The van der Waals surface area contributed by atoms with Crippen molar-refractivity contribution in [2.24, 2.45) is 5.92 Å². The van der Waals surface area contributed by atoms with Crippen LogP contribution in [0.25, 0.3) is 0 Å². The van der Waals surface area contributed by atoms with Gasteiger partial charge in [-0.2, -0.15) is 0 Å². The SMILES string of the molecule is CCC1CN(Cc2ccc(O)cc2)CCC1O. The highest BCUT2D eigenvalue weighted by Crippen LogP contribution is 2.22. The molecular formula is C14H21NO2. The van der Waals surface area contributed by atoms with Gasteiger partial charge in [0.25, 0.3) is 0 Å². The standard InChI is InChI=1S/C14H21NO2/c1-2-12-10-15(8-7-14(12)17)9-11-3-5-13(16)6-4-11/h3-6,12,14,16-17H,2,7-10H2,1H3. The number of likely N-dealkylation sites (tertiary alicyclic amines) is 1. The van der Waals surface area contributed by atoms with Gasteiger partial charge in [-0.1, -0.05) is 19.1 Å². The predicted molar refractivity (Wildman–Crippen MR) is 67.8 cm³/mol. The second-order valence-corrected chi connectivity index (χ2v) is 4.93. The summed E-state index contributed by atoms with van der Waals surface area (Å²) in [5, 5.41) is 19.1. The second kappa shape index (κ2) is 5.52. The van der Waals surface area contributed by atoms with Gasteiger partial charge in [0.05, 0.1) is 6.10 Å². The first kappa shape index (κ1) is 12.4. The first-order chi connectivity index (χ1) is 8.19. The van der Waals surface area contributed by atoms with Gasteiger partial charge < -0.3 is 10.2 Å². The molecular weight excluding hydrogens is 214 g/mol. The molecule has 17 heavy (non-hydrogen) atoms. The third-order valence-corrected chi connectivity index (χ3v) is 3.64. The van der Waals surface area contributed by atoms with Gasteiger partial charge >= 0.3 is 0 Å². The summed E-state index contributed by atoms with van der Waals surface area (Å²) >= 11 is 0. The lowest BCUT2D eigenvalue weighted by Gasteiger charge is -2.35. The lowest BCUT2D eigenvalue weighted by molar-refractivity contribution is 0.0222. The Labute approximate surface area is 103 Å². The lowest BCUT2D eigenvalue weighted by atomic mass is 9.92. The molecule has 0 amide bonds. The van der Waals surface area contributed by atoms with E-state index in [1.807, 2.05) is 12.1 Å². The summed E-state index contributed by atoms with van der Waals surface area (Å²) in [4.78, 5) is 2.38. The molecule has 3 nitrogen and oxygen atoms in total. The molecule has 1 fully saturated rings. The molecule has 0 aromatic heterocycles. The van der Waals surface area contributed by atoms with Crippen molar-refractivity contribution in [3.8, 4) is 5.75 Å². The molecule has 94 valence electrons. The fourth-order valence-electron chi connectivity index (χ4n) is 2.50. The van der Waals surface area contributed by atoms with Crippen LogP contribution >= 0.6 is 0 Å². The zero-order valence-electron chi connectivity index (χ0n) is 10.3. The van der Waals surface area contributed by atoms with Gasteiger partial charge in [-0.15, -0.1) is 0 Å². The number of benzene rings is 1. The van der Waals surface area contributed by atoms with Crippen LogP contribution in [0.15, 0.2) is 24.3 Å². The Morgan fingerprint density at radius 1 is 1.29 bits per heavy atom. The Hall–Kier alpha value is -1.06. The Kier molecular flexibility index (Phi) is 4.02. The zero-order valence-corrected chi connectivity index (χ0v) is 10.3. The fraction of sp³-hybridized carbons (Fsp3) is 0.571. The lowest BCUT2D eigenvalue weighted by Crippen LogP contribution is -2.42. The highest BCUT2D eigenvalue weighted by Gasteiger charge is 2.25. The normalized spacial score (nSPS) is 26.0. The van der Waals surface area contributed by atoms with Crippen molar-refractivity contribution < 1.29 is 10.2 Å². The topological polar surface area (TPSA) is 43.7 Å². The molecule has 2 rings (SSSR count). The zero-order chi connectivity index (χ0) is 12.3. The van der Waals surface area contributed by atoms with Crippen LogP contribution in [0.3, 0.4) is 0 Å². The molecule has 0 radical (unpaired) electrons. The molecule has 2 unspecified atom stereocenters. The van der Waals surface area contributed by atoms with Crippen molar-refractivity contribution in [2.45, 2.75) is 32.4 Å². The van der Waals surface area contributed by atoms with Gasteiger partial charge in [-0.25, -0.2) is 0 Å². The minimum Gasteiger partial charge on any atom is -0.508 e. The third kappa shape index (κ3) is 3.20. The smallest absolute Gasteiger partial charge is 0.115 e. The second-order valence-electron chi connectivity index (χ2n) is 4.93. The maximum atomic E-state index is 9.83. The summed E-state index contributed by atoms with van der Waals surface area (Å²) in [5.41, 5.74) is 1.22. The van der Waals surface area contributed by atoms with Crippen molar-refractivity contribution in [1.82, 2.24) is 4.90 Å². The summed E-state index contributed by atoms with van der Waals surface area (Å²) in [5.74, 6) is 0.718. The van der Waals surface area contributed by atoms with Gasteiger partial charge in [-0.3, -0.25) is 4.90 Å². The molecule has 3 heteroatoms. The summed E-state index contributed by atoms with van der Waals surface area (Å²) < 4.78 is 0. The number of phenols is 1. The molecule has 0 aliphatic carbocycles. The first-order valence-corrected chi connectivity index (χ1v) is 6.37. The Morgan fingerprint density at radius 3 is 2.65 bits per heavy atom. The van der Waals surface area contributed by atoms with Crippen LogP contribution in [0.2, 0.25) is 0 Å². The number of aliphatic hydroxyl groups excluding tert-OH is 1. The summed E-state index contributed by atoms with van der Waals surface area (Å²) in [6.07, 6.45) is 1.78. The molecule has 2 atom stereocenters. The van der Waals surface area contributed by atoms with Crippen molar-refractivity contribution in [3.05, 3.63) is 29.8 Å². The number of hydrogen-bond donors (Lipinski definition) is 2. The van der Waals surface area contributed by atoms with Crippen molar-refractivity contribution in [2.75, 3.05) is 13.1 Å². The van der Waals surface area contributed by atoms with Gasteiger partial charge in [-0.05, 0) is 36.5 Å². The van der Waals surface area contributed by atoms with E-state index in [0.29, 0.717) is 11.7 Å². The van der Waals surface area contributed by atoms with Crippen LogP contribution in [0.5, 0.6) is 5.75 Å². The average molecular weight is 235 g/mol. The van der Waals surface area contributed by atoms with Crippen LogP contribution in [0.4, 0.5) is 0 Å². The largest absolute Gasteiger partial charge is 0.508 e. The maximum Gasteiger partial charge on any atom is 0.115 e. The van der Waals surface area contributed by atoms with E-state index in [9.17, 15) is 10.2 Å². The van der Waals surface area contributed by atoms with Crippen molar-refractivity contribution in [1.29, 1.82) is 0 Å². The van der Waals surface area contributed by atoms with Crippen LogP contribution < -0.4 is 0 Å². The number of phenolic OH excluding ortho intramolecular Hbond substituents is 1. The van der Waals surface area contributed by atoms with E-state index in [2.05, 4.69) is 11.8 Å². The monoisotopic (exact) mass is 235 g/mol. The molecule has 1 heterocycles. The molecule has 0 bridgehead atoms. The molecule has 0 spiro atoms.